The van der Waals surface area contributed by atoms with Crippen LogP contribution in [0.15, 0.2) is 12.2 Å². The molecule has 5 heteroatoms. The van der Waals surface area contributed by atoms with Crippen LogP contribution in [-0.4, -0.2) is 39.0 Å². The number of nitrogens with zero attached hydrogens (tertiary/aromatic N) is 1. The van der Waals surface area contributed by atoms with Crippen LogP contribution in [-0.2, 0) is 19.0 Å². The molecule has 0 unspecified atom stereocenters. The van der Waals surface area contributed by atoms with Crippen molar-refractivity contribution in [1.82, 2.24) is 0 Å². The van der Waals surface area contributed by atoms with Crippen molar-refractivity contribution >= 4 is 5.97 Å². The Morgan fingerprint density at radius 3 is 2.44 bits per heavy atom. The lowest BCUT2D eigenvalue weighted by atomic mass is 10.5. The summed E-state index contributed by atoms with van der Waals surface area (Å²) in [6, 6.07) is 1.70. The van der Waals surface area contributed by atoms with E-state index in [9.17, 15) is 4.79 Å². The van der Waals surface area contributed by atoms with Gasteiger partial charge < -0.3 is 14.2 Å². The van der Waals surface area contributed by atoms with E-state index in [4.69, 9.17) is 19.5 Å². The van der Waals surface area contributed by atoms with Gasteiger partial charge in [0.25, 0.3) is 0 Å². The highest BCUT2D eigenvalue weighted by atomic mass is 16.6. The molecule has 0 saturated carbocycles. The molecule has 0 aliphatic carbocycles. The van der Waals surface area contributed by atoms with E-state index in [1.54, 1.807) is 6.07 Å². The first-order valence-corrected chi connectivity index (χ1v) is 5.19. The standard InChI is InChI=1S/C11H17NO4/c1-2-6-14-7-8-15-9-10-16-11(13)4-3-5-12/h3-4H,2,6-10H2,1H3. The average molecular weight is 227 g/mol. The number of allylic oxidation sites excluding steroid dienone is 1. The predicted molar refractivity (Wildman–Crippen MR) is 57.6 cm³/mol. The van der Waals surface area contributed by atoms with Crippen LogP contribution < -0.4 is 0 Å². The van der Waals surface area contributed by atoms with Crippen molar-refractivity contribution in [3.8, 4) is 6.07 Å². The molecule has 0 atom stereocenters. The van der Waals surface area contributed by atoms with Crippen LogP contribution in [0.2, 0.25) is 0 Å². The van der Waals surface area contributed by atoms with Crippen molar-refractivity contribution in [1.29, 1.82) is 5.26 Å². The van der Waals surface area contributed by atoms with Crippen LogP contribution in [0.3, 0.4) is 0 Å². The Balaban J connectivity index is 3.18. The molecule has 0 rings (SSSR count). The summed E-state index contributed by atoms with van der Waals surface area (Å²) in [7, 11) is 0. The number of carbonyl (C=O) groups is 1. The summed E-state index contributed by atoms with van der Waals surface area (Å²) in [4.78, 5) is 10.8. The van der Waals surface area contributed by atoms with Crippen molar-refractivity contribution in [2.75, 3.05) is 33.0 Å². The van der Waals surface area contributed by atoms with Gasteiger partial charge >= 0.3 is 5.97 Å². The molecule has 0 amide bonds. The molecule has 16 heavy (non-hydrogen) atoms. The number of hydrogen-bond donors (Lipinski definition) is 0. The molecule has 0 aliphatic rings. The minimum absolute atomic E-state index is 0.183. The highest BCUT2D eigenvalue weighted by Crippen LogP contribution is 1.85. The first-order valence-electron chi connectivity index (χ1n) is 5.19. The van der Waals surface area contributed by atoms with Gasteiger partial charge in [0.2, 0.25) is 0 Å². The Kier molecular flexibility index (Phi) is 10.7. The topological polar surface area (TPSA) is 68.6 Å². The molecule has 0 aromatic carbocycles. The van der Waals surface area contributed by atoms with Gasteiger partial charge in [-0.15, -0.1) is 0 Å². The fourth-order valence-electron chi connectivity index (χ4n) is 0.821. The predicted octanol–water partition coefficient (Wildman–Crippen LogP) is 1.05. The molecule has 0 bridgehead atoms. The first-order chi connectivity index (χ1) is 7.81. The van der Waals surface area contributed by atoms with Gasteiger partial charge in [-0.25, -0.2) is 4.79 Å². The molecule has 0 spiro atoms. The second-order valence-corrected chi connectivity index (χ2v) is 2.85. The molecular weight excluding hydrogens is 210 g/mol. The molecule has 0 heterocycles. The van der Waals surface area contributed by atoms with Crippen LogP contribution in [0, 0.1) is 11.3 Å². The molecule has 0 N–H and O–H groups in total. The van der Waals surface area contributed by atoms with Gasteiger partial charge in [-0.2, -0.15) is 5.26 Å². The smallest absolute Gasteiger partial charge is 0.331 e. The maximum atomic E-state index is 10.8. The summed E-state index contributed by atoms with van der Waals surface area (Å²) < 4.78 is 15.1. The lowest BCUT2D eigenvalue weighted by Gasteiger charge is -2.04. The Bertz CT molecular complexity index is 245. The molecule has 5 nitrogen and oxygen atoms in total. The normalized spacial score (nSPS) is 10.2. The van der Waals surface area contributed by atoms with E-state index in [2.05, 4.69) is 0 Å². The summed E-state index contributed by atoms with van der Waals surface area (Å²) in [6.07, 6.45) is 3.13. The second kappa shape index (κ2) is 11.7. The van der Waals surface area contributed by atoms with Gasteiger partial charge in [0.05, 0.1) is 25.9 Å². The number of rotatable bonds is 9. The molecule has 0 fully saturated rings. The highest BCUT2D eigenvalue weighted by molar-refractivity contribution is 5.82. The maximum Gasteiger partial charge on any atom is 0.331 e. The van der Waals surface area contributed by atoms with E-state index in [0.717, 1.165) is 25.2 Å². The summed E-state index contributed by atoms with van der Waals surface area (Å²) in [5.74, 6) is -0.535. The van der Waals surface area contributed by atoms with Crippen LogP contribution >= 0.6 is 0 Å². The van der Waals surface area contributed by atoms with E-state index in [0.29, 0.717) is 19.8 Å². The lowest BCUT2D eigenvalue weighted by Crippen LogP contribution is -2.11. The van der Waals surface area contributed by atoms with Crippen LogP contribution in [0.5, 0.6) is 0 Å². The zero-order valence-corrected chi connectivity index (χ0v) is 9.48. The van der Waals surface area contributed by atoms with Gasteiger partial charge in [-0.1, -0.05) is 6.92 Å². The van der Waals surface area contributed by atoms with Crippen LogP contribution in [0.1, 0.15) is 13.3 Å². The molecule has 0 aromatic rings. The van der Waals surface area contributed by atoms with Crippen molar-refractivity contribution in [3.05, 3.63) is 12.2 Å². The van der Waals surface area contributed by atoms with Gasteiger partial charge in [0, 0.05) is 18.8 Å². The molecule has 90 valence electrons. The molecule has 0 aromatic heterocycles. The van der Waals surface area contributed by atoms with Crippen molar-refractivity contribution in [3.63, 3.8) is 0 Å². The number of carbonyl (C=O) groups excluding carboxylic acids is 1. The fourth-order valence-corrected chi connectivity index (χ4v) is 0.821. The van der Waals surface area contributed by atoms with Gasteiger partial charge in [0.15, 0.2) is 0 Å². The first kappa shape index (κ1) is 14.6. The number of hydrogen-bond acceptors (Lipinski definition) is 5. The van der Waals surface area contributed by atoms with E-state index >= 15 is 0 Å². The van der Waals surface area contributed by atoms with E-state index in [1.165, 1.54) is 0 Å². The number of esters is 1. The third-order valence-electron chi connectivity index (χ3n) is 1.49. The fraction of sp³-hybridized carbons (Fsp3) is 0.636. The summed E-state index contributed by atoms with van der Waals surface area (Å²) in [5, 5.41) is 8.14. The summed E-state index contributed by atoms with van der Waals surface area (Å²) in [6.45, 7) is 4.33. The minimum atomic E-state index is -0.535. The Morgan fingerprint density at radius 2 is 1.81 bits per heavy atom. The summed E-state index contributed by atoms with van der Waals surface area (Å²) in [5.41, 5.74) is 0. The summed E-state index contributed by atoms with van der Waals surface area (Å²) >= 11 is 0. The van der Waals surface area contributed by atoms with Crippen molar-refractivity contribution in [2.24, 2.45) is 0 Å². The second-order valence-electron chi connectivity index (χ2n) is 2.85. The Morgan fingerprint density at radius 1 is 1.19 bits per heavy atom. The minimum Gasteiger partial charge on any atom is -0.460 e. The third-order valence-corrected chi connectivity index (χ3v) is 1.49. The molecule has 0 radical (unpaired) electrons. The van der Waals surface area contributed by atoms with Gasteiger partial charge in [0.1, 0.15) is 6.61 Å². The average Bonchev–Trinajstić information content (AvgIpc) is 2.30. The Hall–Kier alpha value is -1.38. The van der Waals surface area contributed by atoms with Crippen LogP contribution in [0.25, 0.3) is 0 Å². The monoisotopic (exact) mass is 227 g/mol. The maximum absolute atomic E-state index is 10.8. The molecular formula is C11H17NO4. The zero-order chi connectivity index (χ0) is 12.1. The highest BCUT2D eigenvalue weighted by Gasteiger charge is 1.96. The van der Waals surface area contributed by atoms with E-state index in [-0.39, 0.29) is 6.61 Å². The van der Waals surface area contributed by atoms with Crippen LogP contribution in [0.4, 0.5) is 0 Å². The number of ether oxygens (including phenoxy) is 3. The van der Waals surface area contributed by atoms with Crippen molar-refractivity contribution < 1.29 is 19.0 Å². The van der Waals surface area contributed by atoms with Crippen molar-refractivity contribution in [2.45, 2.75) is 13.3 Å². The molecule has 0 aliphatic heterocycles. The lowest BCUT2D eigenvalue weighted by molar-refractivity contribution is -0.139. The van der Waals surface area contributed by atoms with Gasteiger partial charge in [-0.05, 0) is 6.42 Å². The van der Waals surface area contributed by atoms with E-state index in [1.807, 2.05) is 6.92 Å². The SMILES string of the molecule is CCCOCCOCCOC(=O)C=CC#N. The quantitative estimate of drug-likeness (QED) is 0.255. The zero-order valence-electron chi connectivity index (χ0n) is 9.48. The van der Waals surface area contributed by atoms with E-state index < -0.39 is 5.97 Å². The largest absolute Gasteiger partial charge is 0.460 e. The Labute approximate surface area is 95.6 Å². The molecule has 0 saturated heterocycles. The number of nitriles is 1. The van der Waals surface area contributed by atoms with Gasteiger partial charge in [-0.3, -0.25) is 0 Å². The third kappa shape index (κ3) is 10.7.